The van der Waals surface area contributed by atoms with Crippen LogP contribution in [-0.4, -0.2) is 53.6 Å². The zero-order chi connectivity index (χ0) is 15.9. The molecule has 0 aromatic heterocycles. The number of hydrogen-bond donors (Lipinski definition) is 2. The van der Waals surface area contributed by atoms with Crippen molar-refractivity contribution in [2.75, 3.05) is 19.6 Å². The van der Waals surface area contributed by atoms with Crippen molar-refractivity contribution in [2.24, 2.45) is 5.92 Å². The monoisotopic (exact) mass is 298 g/mol. The molecule has 1 atom stereocenters. The smallest absolute Gasteiger partial charge is 0.471 e. The van der Waals surface area contributed by atoms with E-state index in [1.165, 1.54) is 13.8 Å². The number of nitrogens with one attached hydrogen (secondary N) is 1. The fourth-order valence-corrected chi connectivity index (χ4v) is 1.40. The Morgan fingerprint density at radius 2 is 1.85 bits per heavy atom. The van der Waals surface area contributed by atoms with Crippen molar-refractivity contribution in [2.45, 2.75) is 26.4 Å². The molecule has 0 aliphatic rings. The average Bonchev–Trinajstić information content (AvgIpc) is 2.30. The molecule has 9 heteroatoms. The van der Waals surface area contributed by atoms with Gasteiger partial charge in [-0.1, -0.05) is 6.92 Å². The minimum atomic E-state index is -5.05. The first-order valence-electron chi connectivity index (χ1n) is 5.89. The maximum absolute atomic E-state index is 12.4. The third-order valence-electron chi connectivity index (χ3n) is 2.42. The van der Waals surface area contributed by atoms with E-state index in [1.807, 2.05) is 0 Å². The molecule has 0 radical (unpaired) electrons. The number of carboxylic acids is 1. The number of amides is 2. The van der Waals surface area contributed by atoms with Crippen LogP contribution in [0, 0.1) is 5.92 Å². The van der Waals surface area contributed by atoms with E-state index in [-0.39, 0.29) is 25.4 Å². The quantitative estimate of drug-likeness (QED) is 0.675. The molecular formula is C11H17F3N2O4. The standard InChI is InChI=1S/C11H17F3N2O4/c1-7(9(18)19)6-16(10(20)11(12,13)14)5-3-4-15-8(2)17/h7H,3-6H2,1-2H3,(H,15,17)(H,18,19). The van der Waals surface area contributed by atoms with Crippen molar-refractivity contribution < 1.29 is 32.7 Å². The summed E-state index contributed by atoms with van der Waals surface area (Å²) in [6, 6.07) is 0. The number of rotatable bonds is 7. The Bertz CT molecular complexity index is 371. The van der Waals surface area contributed by atoms with E-state index in [0.29, 0.717) is 4.90 Å². The number of carbonyl (C=O) groups excluding carboxylic acids is 2. The van der Waals surface area contributed by atoms with Crippen LogP contribution in [-0.2, 0) is 14.4 Å². The molecule has 0 bridgehead atoms. The molecule has 0 fully saturated rings. The van der Waals surface area contributed by atoms with Crippen molar-refractivity contribution in [1.29, 1.82) is 0 Å². The van der Waals surface area contributed by atoms with Gasteiger partial charge in [0.2, 0.25) is 5.91 Å². The third-order valence-corrected chi connectivity index (χ3v) is 2.42. The van der Waals surface area contributed by atoms with Crippen LogP contribution in [0.4, 0.5) is 13.2 Å². The number of nitrogens with zero attached hydrogens (tertiary/aromatic N) is 1. The predicted molar refractivity (Wildman–Crippen MR) is 62.7 cm³/mol. The van der Waals surface area contributed by atoms with Crippen molar-refractivity contribution in [1.82, 2.24) is 10.2 Å². The van der Waals surface area contributed by atoms with E-state index in [1.54, 1.807) is 0 Å². The van der Waals surface area contributed by atoms with Gasteiger partial charge in [0.25, 0.3) is 0 Å². The minimum absolute atomic E-state index is 0.105. The van der Waals surface area contributed by atoms with Gasteiger partial charge < -0.3 is 15.3 Å². The Hall–Kier alpha value is -1.80. The minimum Gasteiger partial charge on any atom is -0.481 e. The number of carbonyl (C=O) groups is 3. The first-order valence-corrected chi connectivity index (χ1v) is 5.89. The van der Waals surface area contributed by atoms with Gasteiger partial charge in [0.1, 0.15) is 0 Å². The highest BCUT2D eigenvalue weighted by atomic mass is 19.4. The first kappa shape index (κ1) is 18.2. The molecule has 0 rings (SSSR count). The van der Waals surface area contributed by atoms with Crippen molar-refractivity contribution in [3.05, 3.63) is 0 Å². The summed E-state index contributed by atoms with van der Waals surface area (Å²) in [6.45, 7) is 1.76. The number of halogens is 3. The van der Waals surface area contributed by atoms with Gasteiger partial charge in [0.05, 0.1) is 5.92 Å². The zero-order valence-corrected chi connectivity index (χ0v) is 11.2. The number of carboxylic acid groups (broad SMARTS) is 1. The van der Waals surface area contributed by atoms with Gasteiger partial charge in [-0.25, -0.2) is 0 Å². The zero-order valence-electron chi connectivity index (χ0n) is 11.2. The summed E-state index contributed by atoms with van der Waals surface area (Å²) < 4.78 is 37.1. The second-order valence-electron chi connectivity index (χ2n) is 4.32. The molecular weight excluding hydrogens is 281 g/mol. The van der Waals surface area contributed by atoms with E-state index < -0.39 is 30.5 Å². The van der Waals surface area contributed by atoms with Crippen LogP contribution in [0.15, 0.2) is 0 Å². The summed E-state index contributed by atoms with van der Waals surface area (Å²) in [6.07, 6.45) is -4.94. The largest absolute Gasteiger partial charge is 0.481 e. The number of aliphatic carboxylic acids is 1. The highest BCUT2D eigenvalue weighted by molar-refractivity contribution is 5.82. The lowest BCUT2D eigenvalue weighted by Gasteiger charge is -2.25. The normalized spacial score (nSPS) is 12.7. The van der Waals surface area contributed by atoms with Crippen LogP contribution in [0.5, 0.6) is 0 Å². The van der Waals surface area contributed by atoms with Crippen molar-refractivity contribution in [3.63, 3.8) is 0 Å². The van der Waals surface area contributed by atoms with Crippen LogP contribution in [0.1, 0.15) is 20.3 Å². The van der Waals surface area contributed by atoms with Gasteiger partial charge in [0.15, 0.2) is 0 Å². The molecule has 0 spiro atoms. The molecule has 0 heterocycles. The fraction of sp³-hybridized carbons (Fsp3) is 0.727. The predicted octanol–water partition coefficient (Wildman–Crippen LogP) is 0.624. The molecule has 116 valence electrons. The van der Waals surface area contributed by atoms with Crippen LogP contribution in [0.25, 0.3) is 0 Å². The lowest BCUT2D eigenvalue weighted by molar-refractivity contribution is -0.186. The Morgan fingerprint density at radius 1 is 1.30 bits per heavy atom. The van der Waals surface area contributed by atoms with Gasteiger partial charge in [-0.3, -0.25) is 14.4 Å². The van der Waals surface area contributed by atoms with Crippen LogP contribution in [0.3, 0.4) is 0 Å². The summed E-state index contributed by atoms with van der Waals surface area (Å²) in [5.74, 6) is -4.81. The topological polar surface area (TPSA) is 86.7 Å². The Balaban J connectivity index is 4.59. The molecule has 20 heavy (non-hydrogen) atoms. The van der Waals surface area contributed by atoms with E-state index >= 15 is 0 Å². The van der Waals surface area contributed by atoms with Crippen LogP contribution < -0.4 is 5.32 Å². The van der Waals surface area contributed by atoms with Gasteiger partial charge in [-0.2, -0.15) is 13.2 Å². The fourth-order valence-electron chi connectivity index (χ4n) is 1.40. The summed E-state index contributed by atoms with van der Waals surface area (Å²) in [4.78, 5) is 32.9. The molecule has 0 aliphatic carbocycles. The molecule has 0 aliphatic heterocycles. The van der Waals surface area contributed by atoms with E-state index in [4.69, 9.17) is 5.11 Å². The lowest BCUT2D eigenvalue weighted by Crippen LogP contribution is -2.45. The molecule has 0 aromatic rings. The second-order valence-corrected chi connectivity index (χ2v) is 4.32. The Labute approximate surface area is 113 Å². The molecule has 0 saturated heterocycles. The first-order chi connectivity index (χ1) is 9.05. The molecule has 6 nitrogen and oxygen atoms in total. The van der Waals surface area contributed by atoms with Gasteiger partial charge >= 0.3 is 18.1 Å². The highest BCUT2D eigenvalue weighted by Gasteiger charge is 2.42. The van der Waals surface area contributed by atoms with Gasteiger partial charge in [-0.05, 0) is 6.42 Å². The molecule has 1 unspecified atom stereocenters. The Morgan fingerprint density at radius 3 is 2.25 bits per heavy atom. The van der Waals surface area contributed by atoms with Crippen LogP contribution >= 0.6 is 0 Å². The maximum atomic E-state index is 12.4. The number of alkyl halides is 3. The summed E-state index contributed by atoms with van der Waals surface area (Å²) >= 11 is 0. The lowest BCUT2D eigenvalue weighted by atomic mass is 10.1. The molecule has 2 amide bonds. The number of hydrogen-bond acceptors (Lipinski definition) is 3. The van der Waals surface area contributed by atoms with Gasteiger partial charge in [0, 0.05) is 26.6 Å². The summed E-state index contributed by atoms with van der Waals surface area (Å²) in [5.41, 5.74) is 0. The van der Waals surface area contributed by atoms with E-state index in [2.05, 4.69) is 5.32 Å². The summed E-state index contributed by atoms with van der Waals surface area (Å²) in [5, 5.41) is 11.1. The second kappa shape index (κ2) is 7.71. The maximum Gasteiger partial charge on any atom is 0.471 e. The summed E-state index contributed by atoms with van der Waals surface area (Å²) in [7, 11) is 0. The van der Waals surface area contributed by atoms with Crippen molar-refractivity contribution in [3.8, 4) is 0 Å². The van der Waals surface area contributed by atoms with E-state index in [0.717, 1.165) is 0 Å². The highest BCUT2D eigenvalue weighted by Crippen LogP contribution is 2.19. The Kier molecular flexibility index (Phi) is 7.01. The van der Waals surface area contributed by atoms with Crippen LogP contribution in [0.2, 0.25) is 0 Å². The molecule has 2 N–H and O–H groups in total. The SMILES string of the molecule is CC(=O)NCCCN(CC(C)C(=O)O)C(=O)C(F)(F)F. The van der Waals surface area contributed by atoms with Crippen molar-refractivity contribution >= 4 is 17.8 Å². The van der Waals surface area contributed by atoms with E-state index in [9.17, 15) is 27.6 Å². The molecule has 0 saturated carbocycles. The third kappa shape index (κ3) is 6.95. The average molecular weight is 298 g/mol. The van der Waals surface area contributed by atoms with Gasteiger partial charge in [-0.15, -0.1) is 0 Å². The molecule has 0 aromatic carbocycles.